The number of rotatable bonds is 7. The highest BCUT2D eigenvalue weighted by molar-refractivity contribution is 6.38. The molecule has 2 aromatic heterocycles. The Morgan fingerprint density at radius 1 is 1.06 bits per heavy atom. The molecule has 31 heavy (non-hydrogen) atoms. The predicted octanol–water partition coefficient (Wildman–Crippen LogP) is 4.40. The standard InChI is InChI=1S/C22H27Cl2N7/c1-3-4-8-31-22(26-27-28-31)20(17-7-5-6-16(2)13-17)29-9-11-30(12-10-29)21-18(23)14-25-15-19(21)24/h5-7,13-15,20H,3-4,8-12H2,1-2H3. The molecule has 0 radical (unpaired) electrons. The molecule has 164 valence electrons. The Bertz CT molecular complexity index is 994. The average Bonchev–Trinajstić information content (AvgIpc) is 3.21. The summed E-state index contributed by atoms with van der Waals surface area (Å²) in [5.41, 5.74) is 3.29. The largest absolute Gasteiger partial charge is 0.366 e. The monoisotopic (exact) mass is 459 g/mol. The fraction of sp³-hybridized carbons (Fsp3) is 0.455. The highest BCUT2D eigenvalue weighted by atomic mass is 35.5. The number of anilines is 1. The maximum absolute atomic E-state index is 6.39. The molecular weight excluding hydrogens is 433 g/mol. The van der Waals surface area contributed by atoms with E-state index in [1.807, 2.05) is 4.68 Å². The van der Waals surface area contributed by atoms with Gasteiger partial charge in [0.05, 0.1) is 21.8 Å². The molecule has 1 aliphatic heterocycles. The van der Waals surface area contributed by atoms with Gasteiger partial charge in [-0.2, -0.15) is 0 Å². The highest BCUT2D eigenvalue weighted by Crippen LogP contribution is 2.35. The molecule has 0 N–H and O–H groups in total. The molecule has 3 aromatic rings. The van der Waals surface area contributed by atoms with Crippen LogP contribution in [0.3, 0.4) is 0 Å². The van der Waals surface area contributed by atoms with Gasteiger partial charge in [0.25, 0.3) is 0 Å². The number of unbranched alkanes of at least 4 members (excludes halogenated alkanes) is 1. The summed E-state index contributed by atoms with van der Waals surface area (Å²) in [6.45, 7) is 8.42. The molecule has 9 heteroatoms. The van der Waals surface area contributed by atoms with Gasteiger partial charge >= 0.3 is 0 Å². The van der Waals surface area contributed by atoms with Crippen LogP contribution < -0.4 is 4.90 Å². The quantitative estimate of drug-likeness (QED) is 0.521. The van der Waals surface area contributed by atoms with Crippen LogP contribution >= 0.6 is 23.2 Å². The Balaban J connectivity index is 1.61. The normalized spacial score (nSPS) is 15.9. The van der Waals surface area contributed by atoms with Gasteiger partial charge in [-0.1, -0.05) is 66.4 Å². The smallest absolute Gasteiger partial charge is 0.173 e. The molecule has 1 aliphatic rings. The second kappa shape index (κ2) is 9.94. The second-order valence-corrected chi connectivity index (χ2v) is 8.72. The number of aromatic nitrogens is 5. The van der Waals surface area contributed by atoms with Crippen molar-refractivity contribution in [3.8, 4) is 0 Å². The molecule has 1 aromatic carbocycles. The predicted molar refractivity (Wildman–Crippen MR) is 124 cm³/mol. The number of benzene rings is 1. The molecule has 0 spiro atoms. The number of hydrogen-bond donors (Lipinski definition) is 0. The van der Waals surface area contributed by atoms with Crippen molar-refractivity contribution in [1.29, 1.82) is 0 Å². The Morgan fingerprint density at radius 3 is 2.48 bits per heavy atom. The summed E-state index contributed by atoms with van der Waals surface area (Å²) in [7, 11) is 0. The summed E-state index contributed by atoms with van der Waals surface area (Å²) in [5, 5.41) is 13.9. The van der Waals surface area contributed by atoms with Crippen molar-refractivity contribution in [2.45, 2.75) is 39.3 Å². The minimum atomic E-state index is -0.00251. The van der Waals surface area contributed by atoms with Gasteiger partial charge in [-0.15, -0.1) is 5.10 Å². The summed E-state index contributed by atoms with van der Waals surface area (Å²) >= 11 is 12.8. The Kier molecular flexibility index (Phi) is 7.05. The van der Waals surface area contributed by atoms with Crippen LogP contribution in [0.4, 0.5) is 5.69 Å². The van der Waals surface area contributed by atoms with Crippen LogP contribution in [0.25, 0.3) is 0 Å². The first-order valence-electron chi connectivity index (χ1n) is 10.7. The lowest BCUT2D eigenvalue weighted by Crippen LogP contribution is -2.48. The Hall–Kier alpha value is -2.22. The number of halogens is 2. The van der Waals surface area contributed by atoms with Gasteiger partial charge in [-0.25, -0.2) is 4.68 Å². The molecule has 0 saturated carbocycles. The van der Waals surface area contributed by atoms with Gasteiger partial charge in [0.1, 0.15) is 0 Å². The first-order valence-corrected chi connectivity index (χ1v) is 11.4. The molecule has 0 amide bonds. The zero-order valence-corrected chi connectivity index (χ0v) is 19.4. The van der Waals surface area contributed by atoms with Crippen molar-refractivity contribution in [2.24, 2.45) is 0 Å². The summed E-state index contributed by atoms with van der Waals surface area (Å²) in [4.78, 5) is 8.75. The van der Waals surface area contributed by atoms with Gasteiger partial charge in [-0.05, 0) is 29.3 Å². The molecule has 1 unspecified atom stereocenters. The van der Waals surface area contributed by atoms with E-state index in [2.05, 4.69) is 68.4 Å². The lowest BCUT2D eigenvalue weighted by Gasteiger charge is -2.40. The van der Waals surface area contributed by atoms with Gasteiger partial charge in [0.2, 0.25) is 0 Å². The van der Waals surface area contributed by atoms with Crippen molar-refractivity contribution < 1.29 is 0 Å². The number of aryl methyl sites for hydroxylation is 2. The maximum atomic E-state index is 6.39. The Labute approximate surface area is 193 Å². The van der Waals surface area contributed by atoms with Crippen LogP contribution in [0.2, 0.25) is 10.0 Å². The second-order valence-electron chi connectivity index (χ2n) is 7.91. The first kappa shape index (κ1) is 22.0. The van der Waals surface area contributed by atoms with Crippen molar-refractivity contribution in [2.75, 3.05) is 31.1 Å². The fourth-order valence-corrected chi connectivity index (χ4v) is 4.75. The van der Waals surface area contributed by atoms with E-state index in [1.165, 1.54) is 11.1 Å². The number of hydrogen-bond acceptors (Lipinski definition) is 6. The number of tetrazole rings is 1. The van der Waals surface area contributed by atoms with Crippen LogP contribution in [0.15, 0.2) is 36.7 Å². The molecular formula is C22H27Cl2N7. The van der Waals surface area contributed by atoms with Crippen molar-refractivity contribution in [1.82, 2.24) is 30.1 Å². The molecule has 7 nitrogen and oxygen atoms in total. The van der Waals surface area contributed by atoms with E-state index in [1.54, 1.807) is 12.4 Å². The van der Waals surface area contributed by atoms with Crippen LogP contribution in [-0.2, 0) is 6.54 Å². The van der Waals surface area contributed by atoms with Gasteiger partial charge < -0.3 is 4.90 Å². The van der Waals surface area contributed by atoms with E-state index in [0.717, 1.165) is 57.1 Å². The summed E-state index contributed by atoms with van der Waals surface area (Å²) in [6, 6.07) is 8.61. The molecule has 1 saturated heterocycles. The van der Waals surface area contributed by atoms with E-state index in [-0.39, 0.29) is 6.04 Å². The molecule has 0 bridgehead atoms. The minimum absolute atomic E-state index is 0.00251. The lowest BCUT2D eigenvalue weighted by atomic mass is 10.0. The topological polar surface area (TPSA) is 63.0 Å². The highest BCUT2D eigenvalue weighted by Gasteiger charge is 2.31. The zero-order valence-electron chi connectivity index (χ0n) is 17.9. The van der Waals surface area contributed by atoms with Crippen LogP contribution in [-0.4, -0.2) is 56.3 Å². The van der Waals surface area contributed by atoms with Crippen LogP contribution in [0.1, 0.15) is 42.8 Å². The Morgan fingerprint density at radius 2 is 1.81 bits per heavy atom. The first-order chi connectivity index (χ1) is 15.1. The average molecular weight is 460 g/mol. The summed E-state index contributed by atoms with van der Waals surface area (Å²) < 4.78 is 1.96. The molecule has 1 atom stereocenters. The van der Waals surface area contributed by atoms with Crippen molar-refractivity contribution in [3.63, 3.8) is 0 Å². The zero-order chi connectivity index (χ0) is 21.8. The summed E-state index contributed by atoms with van der Waals surface area (Å²) in [6.07, 6.45) is 5.44. The third-order valence-electron chi connectivity index (χ3n) is 5.71. The van der Waals surface area contributed by atoms with Crippen LogP contribution in [0, 0.1) is 6.92 Å². The van der Waals surface area contributed by atoms with E-state index < -0.39 is 0 Å². The third-order valence-corrected chi connectivity index (χ3v) is 6.26. The van der Waals surface area contributed by atoms with Crippen molar-refractivity contribution >= 4 is 28.9 Å². The van der Waals surface area contributed by atoms with E-state index >= 15 is 0 Å². The SMILES string of the molecule is CCCCn1nnnc1C(c1cccc(C)c1)N1CCN(c2c(Cl)cncc2Cl)CC1. The molecule has 1 fully saturated rings. The van der Waals surface area contributed by atoms with Crippen LogP contribution in [0.5, 0.6) is 0 Å². The number of pyridine rings is 1. The molecule has 3 heterocycles. The lowest BCUT2D eigenvalue weighted by molar-refractivity contribution is 0.200. The van der Waals surface area contributed by atoms with Gasteiger partial charge in [0.15, 0.2) is 5.82 Å². The third kappa shape index (κ3) is 4.84. The summed E-state index contributed by atoms with van der Waals surface area (Å²) in [5.74, 6) is 0.896. The van der Waals surface area contributed by atoms with E-state index in [4.69, 9.17) is 23.2 Å². The molecule has 4 rings (SSSR count). The fourth-order valence-electron chi connectivity index (χ4n) is 4.15. The van der Waals surface area contributed by atoms with Gasteiger partial charge in [0, 0.05) is 45.1 Å². The van der Waals surface area contributed by atoms with E-state index in [0.29, 0.717) is 10.0 Å². The number of piperazine rings is 1. The molecule has 0 aliphatic carbocycles. The number of nitrogens with zero attached hydrogens (tertiary/aromatic N) is 7. The van der Waals surface area contributed by atoms with Gasteiger partial charge in [-0.3, -0.25) is 9.88 Å². The van der Waals surface area contributed by atoms with E-state index in [9.17, 15) is 0 Å². The minimum Gasteiger partial charge on any atom is -0.366 e. The maximum Gasteiger partial charge on any atom is 0.173 e. The van der Waals surface area contributed by atoms with Crippen molar-refractivity contribution in [3.05, 3.63) is 63.7 Å².